The molecule has 2 rings (SSSR count). The monoisotopic (exact) mass is 327 g/mol. The lowest BCUT2D eigenvalue weighted by Crippen LogP contribution is -2.51. The molecule has 1 atom stereocenters. The first-order valence-corrected chi connectivity index (χ1v) is 8.10. The van der Waals surface area contributed by atoms with E-state index in [2.05, 4.69) is 5.32 Å². The van der Waals surface area contributed by atoms with Gasteiger partial charge in [-0.15, -0.1) is 0 Å². The zero-order chi connectivity index (χ0) is 17.6. The molecule has 0 aliphatic rings. The van der Waals surface area contributed by atoms with Crippen LogP contribution in [0.2, 0.25) is 0 Å². The largest absolute Gasteiger partial charge is 0.493 e. The number of ether oxygens (including phenoxy) is 2. The van der Waals surface area contributed by atoms with E-state index in [1.165, 1.54) is 0 Å². The Bertz CT molecular complexity index is 679. The third-order valence-electron chi connectivity index (χ3n) is 4.51. The van der Waals surface area contributed by atoms with Gasteiger partial charge in [-0.25, -0.2) is 0 Å². The lowest BCUT2D eigenvalue weighted by Gasteiger charge is -2.31. The molecule has 0 amide bonds. The maximum atomic E-state index is 13.2. The van der Waals surface area contributed by atoms with E-state index in [-0.39, 0.29) is 5.78 Å². The number of rotatable bonds is 8. The summed E-state index contributed by atoms with van der Waals surface area (Å²) in [6.45, 7) is 2.03. The summed E-state index contributed by atoms with van der Waals surface area (Å²) in [5.41, 5.74) is 1.09. The highest BCUT2D eigenvalue weighted by Gasteiger charge is 2.36. The standard InChI is InChI=1S/C20H25NO3/c1-5-20(21-2,14-15-9-7-6-8-10-15)19(22)16-11-12-17(23-3)18(13-16)24-4/h6-13,21H,5,14H2,1-4H3. The zero-order valence-corrected chi connectivity index (χ0v) is 14.8. The van der Waals surface area contributed by atoms with Crippen LogP contribution in [0, 0.1) is 0 Å². The van der Waals surface area contributed by atoms with Crippen LogP contribution in [-0.4, -0.2) is 32.6 Å². The van der Waals surface area contributed by atoms with Crippen molar-refractivity contribution in [3.63, 3.8) is 0 Å². The summed E-state index contributed by atoms with van der Waals surface area (Å²) in [5.74, 6) is 1.23. The van der Waals surface area contributed by atoms with Crippen molar-refractivity contribution in [1.29, 1.82) is 0 Å². The Morgan fingerprint density at radius 2 is 1.71 bits per heavy atom. The quantitative estimate of drug-likeness (QED) is 0.754. The first-order chi connectivity index (χ1) is 11.6. The van der Waals surface area contributed by atoms with Gasteiger partial charge < -0.3 is 14.8 Å². The molecule has 0 aliphatic carbocycles. The molecule has 0 aliphatic heterocycles. The van der Waals surface area contributed by atoms with Gasteiger partial charge in [-0.3, -0.25) is 4.79 Å². The van der Waals surface area contributed by atoms with Gasteiger partial charge in [0.1, 0.15) is 0 Å². The summed E-state index contributed by atoms with van der Waals surface area (Å²) < 4.78 is 10.6. The van der Waals surface area contributed by atoms with E-state index in [1.54, 1.807) is 32.4 Å². The summed E-state index contributed by atoms with van der Waals surface area (Å²) in [7, 11) is 4.99. The topological polar surface area (TPSA) is 47.6 Å². The van der Waals surface area contributed by atoms with Crippen molar-refractivity contribution >= 4 is 5.78 Å². The highest BCUT2D eigenvalue weighted by atomic mass is 16.5. The smallest absolute Gasteiger partial charge is 0.183 e. The van der Waals surface area contributed by atoms with Gasteiger partial charge >= 0.3 is 0 Å². The van der Waals surface area contributed by atoms with Crippen LogP contribution in [0.5, 0.6) is 11.5 Å². The molecule has 0 heterocycles. The van der Waals surface area contributed by atoms with Crippen molar-refractivity contribution in [3.8, 4) is 11.5 Å². The van der Waals surface area contributed by atoms with Crippen molar-refractivity contribution in [2.45, 2.75) is 25.3 Å². The molecule has 4 nitrogen and oxygen atoms in total. The number of hydrogen-bond donors (Lipinski definition) is 1. The number of carbonyl (C=O) groups excluding carboxylic acids is 1. The minimum atomic E-state index is -0.652. The minimum Gasteiger partial charge on any atom is -0.493 e. The average Bonchev–Trinajstić information content (AvgIpc) is 2.65. The van der Waals surface area contributed by atoms with E-state index < -0.39 is 5.54 Å². The molecular formula is C20H25NO3. The summed E-state index contributed by atoms with van der Waals surface area (Å²) in [6, 6.07) is 15.4. The number of ketones is 1. The molecule has 0 bridgehead atoms. The van der Waals surface area contributed by atoms with Crippen LogP contribution >= 0.6 is 0 Å². The molecule has 0 spiro atoms. The molecular weight excluding hydrogens is 302 g/mol. The van der Waals surface area contributed by atoms with Gasteiger partial charge in [0.25, 0.3) is 0 Å². The lowest BCUT2D eigenvalue weighted by atomic mass is 9.81. The Morgan fingerprint density at radius 3 is 2.25 bits per heavy atom. The van der Waals surface area contributed by atoms with Crippen molar-refractivity contribution in [2.24, 2.45) is 0 Å². The molecule has 0 saturated carbocycles. The Hall–Kier alpha value is -2.33. The Morgan fingerprint density at radius 1 is 1.04 bits per heavy atom. The fourth-order valence-electron chi connectivity index (χ4n) is 2.94. The highest BCUT2D eigenvalue weighted by Crippen LogP contribution is 2.30. The van der Waals surface area contributed by atoms with Crippen LogP contribution in [0.15, 0.2) is 48.5 Å². The third kappa shape index (κ3) is 3.60. The van der Waals surface area contributed by atoms with Gasteiger partial charge in [-0.2, -0.15) is 0 Å². The number of Topliss-reactive ketones (excluding diaryl/α,β-unsaturated/α-hetero) is 1. The summed E-state index contributed by atoms with van der Waals surface area (Å²) in [6.07, 6.45) is 1.32. The van der Waals surface area contributed by atoms with Crippen LogP contribution in [0.3, 0.4) is 0 Å². The van der Waals surface area contributed by atoms with E-state index >= 15 is 0 Å². The lowest BCUT2D eigenvalue weighted by molar-refractivity contribution is 0.0851. The zero-order valence-electron chi connectivity index (χ0n) is 14.8. The van der Waals surface area contributed by atoms with Crippen LogP contribution in [0.4, 0.5) is 0 Å². The number of methoxy groups -OCH3 is 2. The van der Waals surface area contributed by atoms with Gasteiger partial charge in [0.2, 0.25) is 0 Å². The van der Waals surface area contributed by atoms with Crippen LogP contribution < -0.4 is 14.8 Å². The summed E-state index contributed by atoms with van der Waals surface area (Å²) >= 11 is 0. The molecule has 128 valence electrons. The second kappa shape index (κ2) is 7.97. The minimum absolute atomic E-state index is 0.0531. The average molecular weight is 327 g/mol. The molecule has 2 aromatic carbocycles. The highest BCUT2D eigenvalue weighted by molar-refractivity contribution is 6.04. The molecule has 24 heavy (non-hydrogen) atoms. The van der Waals surface area contributed by atoms with E-state index in [4.69, 9.17) is 9.47 Å². The second-order valence-electron chi connectivity index (χ2n) is 5.75. The molecule has 4 heteroatoms. The molecule has 1 unspecified atom stereocenters. The predicted molar refractivity (Wildman–Crippen MR) is 96.1 cm³/mol. The van der Waals surface area contributed by atoms with Crippen molar-refractivity contribution < 1.29 is 14.3 Å². The van der Waals surface area contributed by atoms with Gasteiger partial charge in [0.05, 0.1) is 19.8 Å². The third-order valence-corrected chi connectivity index (χ3v) is 4.51. The normalized spacial score (nSPS) is 13.2. The number of hydrogen-bond acceptors (Lipinski definition) is 4. The molecule has 0 aromatic heterocycles. The van der Waals surface area contributed by atoms with Crippen molar-refractivity contribution in [2.75, 3.05) is 21.3 Å². The van der Waals surface area contributed by atoms with Crippen molar-refractivity contribution in [3.05, 3.63) is 59.7 Å². The number of benzene rings is 2. The van der Waals surface area contributed by atoms with Crippen LogP contribution in [0.25, 0.3) is 0 Å². The van der Waals surface area contributed by atoms with Gasteiger partial charge in [-0.05, 0) is 43.7 Å². The summed E-state index contributed by atoms with van der Waals surface area (Å²) in [4.78, 5) is 13.2. The number of carbonyl (C=O) groups is 1. The Balaban J connectivity index is 2.38. The summed E-state index contributed by atoms with van der Waals surface area (Å²) in [5, 5.41) is 3.26. The van der Waals surface area contributed by atoms with E-state index in [9.17, 15) is 4.79 Å². The van der Waals surface area contributed by atoms with E-state index in [0.29, 0.717) is 29.9 Å². The maximum Gasteiger partial charge on any atom is 0.183 e. The second-order valence-corrected chi connectivity index (χ2v) is 5.75. The molecule has 0 fully saturated rings. The van der Waals surface area contributed by atoms with Gasteiger partial charge in [0, 0.05) is 5.56 Å². The Labute approximate surface area is 143 Å². The first kappa shape index (κ1) is 18.0. The fourth-order valence-corrected chi connectivity index (χ4v) is 2.94. The van der Waals surface area contributed by atoms with Gasteiger partial charge in [0.15, 0.2) is 17.3 Å². The van der Waals surface area contributed by atoms with Crippen molar-refractivity contribution in [1.82, 2.24) is 5.32 Å². The van der Waals surface area contributed by atoms with Crippen LogP contribution in [-0.2, 0) is 6.42 Å². The maximum absolute atomic E-state index is 13.2. The van der Waals surface area contributed by atoms with E-state index in [0.717, 1.165) is 5.56 Å². The predicted octanol–water partition coefficient (Wildman–Crippen LogP) is 3.50. The molecule has 0 radical (unpaired) electrons. The van der Waals surface area contributed by atoms with Crippen LogP contribution in [0.1, 0.15) is 29.3 Å². The number of nitrogens with one attached hydrogen (secondary N) is 1. The fraction of sp³-hybridized carbons (Fsp3) is 0.350. The molecule has 1 N–H and O–H groups in total. The Kier molecular flexibility index (Phi) is 5.99. The molecule has 0 saturated heterocycles. The first-order valence-electron chi connectivity index (χ1n) is 8.10. The van der Waals surface area contributed by atoms with Gasteiger partial charge in [-0.1, -0.05) is 37.3 Å². The number of likely N-dealkylation sites (N-methyl/N-ethyl adjacent to an activating group) is 1. The SMILES string of the molecule is CCC(Cc1ccccc1)(NC)C(=O)c1ccc(OC)c(OC)c1. The molecule has 2 aromatic rings. The van der Waals surface area contributed by atoms with E-state index in [1.807, 2.05) is 44.3 Å².